The number of aromatic nitrogens is 1. The van der Waals surface area contributed by atoms with Gasteiger partial charge in [-0.3, -0.25) is 4.72 Å². The molecule has 25 heavy (non-hydrogen) atoms. The van der Waals surface area contributed by atoms with E-state index in [1.807, 2.05) is 26.8 Å². The van der Waals surface area contributed by atoms with Crippen LogP contribution in [0, 0.1) is 0 Å². The summed E-state index contributed by atoms with van der Waals surface area (Å²) >= 11 is 1.24. The number of aromatic amines is 1. The van der Waals surface area contributed by atoms with Gasteiger partial charge in [-0.05, 0) is 35.7 Å². The van der Waals surface area contributed by atoms with Crippen LogP contribution in [0.15, 0.2) is 40.7 Å². The van der Waals surface area contributed by atoms with Gasteiger partial charge < -0.3 is 10.1 Å². The van der Waals surface area contributed by atoms with Crippen LogP contribution < -0.4 is 4.72 Å². The first-order valence-corrected chi connectivity index (χ1v) is 9.85. The molecule has 3 N–H and O–H groups in total. The molecular formula is C17H18N2O4S2. The van der Waals surface area contributed by atoms with Crippen LogP contribution in [0.3, 0.4) is 0 Å². The summed E-state index contributed by atoms with van der Waals surface area (Å²) in [4.78, 5) is 15.0. The fourth-order valence-corrected chi connectivity index (χ4v) is 4.85. The normalized spacial score (nSPS) is 12.4. The molecule has 0 unspecified atom stereocenters. The Labute approximate surface area is 149 Å². The largest absolute Gasteiger partial charge is 0.478 e. The molecule has 0 saturated carbocycles. The van der Waals surface area contributed by atoms with Crippen molar-refractivity contribution in [2.24, 2.45) is 0 Å². The average molecular weight is 378 g/mol. The Morgan fingerprint density at radius 1 is 1.20 bits per heavy atom. The number of thiophene rings is 1. The summed E-state index contributed by atoms with van der Waals surface area (Å²) in [5.74, 6) is -1.03. The Hall–Kier alpha value is -2.32. The number of carboxylic acids is 1. The van der Waals surface area contributed by atoms with Crippen molar-refractivity contribution < 1.29 is 18.3 Å². The first-order valence-electron chi connectivity index (χ1n) is 7.55. The van der Waals surface area contributed by atoms with Crippen molar-refractivity contribution in [2.45, 2.75) is 30.4 Å². The van der Waals surface area contributed by atoms with Gasteiger partial charge in [0.25, 0.3) is 10.0 Å². The highest BCUT2D eigenvalue weighted by atomic mass is 32.2. The Bertz CT molecular complexity index is 1060. The number of rotatable bonds is 4. The first kappa shape index (κ1) is 17.5. The molecule has 2 aromatic heterocycles. The van der Waals surface area contributed by atoms with E-state index in [1.54, 1.807) is 24.3 Å². The van der Waals surface area contributed by atoms with Crippen molar-refractivity contribution in [1.29, 1.82) is 0 Å². The first-order chi connectivity index (χ1) is 11.6. The number of nitrogens with one attached hydrogen (secondary N) is 2. The molecule has 0 amide bonds. The number of benzene rings is 1. The molecule has 0 fully saturated rings. The van der Waals surface area contributed by atoms with Gasteiger partial charge in [-0.1, -0.05) is 20.8 Å². The number of aromatic carboxylic acids is 1. The highest BCUT2D eigenvalue weighted by Gasteiger charge is 2.22. The molecule has 2 heterocycles. The Kier molecular flexibility index (Phi) is 4.12. The van der Waals surface area contributed by atoms with E-state index in [0.717, 1.165) is 4.88 Å². The lowest BCUT2D eigenvalue weighted by Crippen LogP contribution is -2.11. The zero-order chi connectivity index (χ0) is 18.4. The van der Waals surface area contributed by atoms with Crippen LogP contribution in [0.1, 0.15) is 36.0 Å². The van der Waals surface area contributed by atoms with Gasteiger partial charge in [-0.2, -0.15) is 0 Å². The second-order valence-electron chi connectivity index (χ2n) is 6.74. The molecule has 0 saturated heterocycles. The van der Waals surface area contributed by atoms with E-state index in [-0.39, 0.29) is 15.2 Å². The third-order valence-corrected chi connectivity index (χ3v) is 7.13. The molecule has 132 valence electrons. The lowest BCUT2D eigenvalue weighted by atomic mass is 9.95. The third-order valence-electron chi connectivity index (χ3n) is 3.75. The minimum absolute atomic E-state index is 0.116. The number of fused-ring (bicyclic) bond motifs is 1. The van der Waals surface area contributed by atoms with E-state index in [2.05, 4.69) is 9.71 Å². The number of sulfonamides is 1. The minimum Gasteiger partial charge on any atom is -0.478 e. The zero-order valence-corrected chi connectivity index (χ0v) is 15.6. The molecule has 0 aliphatic rings. The number of hydrogen-bond donors (Lipinski definition) is 3. The molecule has 8 heteroatoms. The maximum Gasteiger partial charge on any atom is 0.337 e. The molecule has 3 rings (SSSR count). The average Bonchev–Trinajstić information content (AvgIpc) is 3.13. The summed E-state index contributed by atoms with van der Waals surface area (Å²) in [5, 5.41) is 9.64. The Morgan fingerprint density at radius 2 is 1.92 bits per heavy atom. The van der Waals surface area contributed by atoms with Crippen molar-refractivity contribution in [3.05, 3.63) is 47.0 Å². The van der Waals surface area contributed by atoms with Gasteiger partial charge in [-0.25, -0.2) is 13.2 Å². The van der Waals surface area contributed by atoms with Gasteiger partial charge in [0.1, 0.15) is 4.21 Å². The lowest BCUT2D eigenvalue weighted by molar-refractivity contribution is 0.0699. The molecular weight excluding hydrogens is 360 g/mol. The summed E-state index contributed by atoms with van der Waals surface area (Å²) in [5.41, 5.74) is 0.961. The van der Waals surface area contributed by atoms with Gasteiger partial charge in [0.15, 0.2) is 0 Å². The summed E-state index contributed by atoms with van der Waals surface area (Å²) in [6.45, 7) is 6.09. The SMILES string of the molecule is CC(C)(C)c1ccc(S(=O)(=O)Nc2ccc3c(C(=O)O)c[nH]c3c2)s1. The highest BCUT2D eigenvalue weighted by molar-refractivity contribution is 7.94. The van der Waals surface area contributed by atoms with Crippen molar-refractivity contribution in [3.63, 3.8) is 0 Å². The van der Waals surface area contributed by atoms with Gasteiger partial charge in [0.05, 0.1) is 11.3 Å². The van der Waals surface area contributed by atoms with E-state index < -0.39 is 16.0 Å². The quantitative estimate of drug-likeness (QED) is 0.638. The third kappa shape index (κ3) is 3.40. The van der Waals surface area contributed by atoms with Crippen LogP contribution in [-0.2, 0) is 15.4 Å². The van der Waals surface area contributed by atoms with Gasteiger partial charge >= 0.3 is 5.97 Å². The van der Waals surface area contributed by atoms with Crippen molar-refractivity contribution in [2.75, 3.05) is 4.72 Å². The smallest absolute Gasteiger partial charge is 0.337 e. The molecule has 0 aliphatic heterocycles. The van der Waals surface area contributed by atoms with Crippen molar-refractivity contribution >= 4 is 43.9 Å². The van der Waals surface area contributed by atoms with E-state index >= 15 is 0 Å². The number of H-pyrrole nitrogens is 1. The molecule has 0 radical (unpaired) electrons. The number of carbonyl (C=O) groups is 1. The maximum atomic E-state index is 12.6. The maximum absolute atomic E-state index is 12.6. The van der Waals surface area contributed by atoms with E-state index in [0.29, 0.717) is 16.6 Å². The fourth-order valence-electron chi connectivity index (χ4n) is 2.44. The summed E-state index contributed by atoms with van der Waals surface area (Å²) < 4.78 is 28.0. The van der Waals surface area contributed by atoms with Gasteiger partial charge in [-0.15, -0.1) is 11.3 Å². The van der Waals surface area contributed by atoms with E-state index in [1.165, 1.54) is 17.5 Å². The van der Waals surface area contributed by atoms with E-state index in [9.17, 15) is 13.2 Å². The van der Waals surface area contributed by atoms with Gasteiger partial charge in [0, 0.05) is 22.0 Å². The molecule has 6 nitrogen and oxygen atoms in total. The van der Waals surface area contributed by atoms with E-state index in [4.69, 9.17) is 5.11 Å². The van der Waals surface area contributed by atoms with Gasteiger partial charge in [0.2, 0.25) is 0 Å². The van der Waals surface area contributed by atoms with Crippen LogP contribution in [-0.4, -0.2) is 24.5 Å². The lowest BCUT2D eigenvalue weighted by Gasteiger charge is -2.15. The molecule has 3 aromatic rings. The molecule has 1 aromatic carbocycles. The topological polar surface area (TPSA) is 99.3 Å². The monoisotopic (exact) mass is 378 g/mol. The fraction of sp³-hybridized carbons (Fsp3) is 0.235. The second kappa shape index (κ2) is 5.89. The summed E-state index contributed by atoms with van der Waals surface area (Å²) in [6, 6.07) is 8.15. The van der Waals surface area contributed by atoms with Crippen LogP contribution in [0.2, 0.25) is 0 Å². The molecule has 0 bridgehead atoms. The molecule has 0 spiro atoms. The van der Waals surface area contributed by atoms with Crippen LogP contribution >= 0.6 is 11.3 Å². The number of hydrogen-bond acceptors (Lipinski definition) is 4. The second-order valence-corrected chi connectivity index (χ2v) is 9.74. The standard InChI is InChI=1S/C17H18N2O4S2/c1-17(2,3)14-6-7-15(24-14)25(22,23)19-10-4-5-11-12(16(20)21)9-18-13(11)8-10/h4-9,18-19H,1-3H3,(H,20,21). The summed E-state index contributed by atoms with van der Waals surface area (Å²) in [6.07, 6.45) is 1.39. The molecule has 0 atom stereocenters. The molecule has 0 aliphatic carbocycles. The van der Waals surface area contributed by atoms with Crippen LogP contribution in [0.4, 0.5) is 5.69 Å². The minimum atomic E-state index is -3.69. The Balaban J connectivity index is 1.92. The predicted molar refractivity (Wildman–Crippen MR) is 99.1 cm³/mol. The van der Waals surface area contributed by atoms with Crippen molar-refractivity contribution in [3.8, 4) is 0 Å². The van der Waals surface area contributed by atoms with Crippen LogP contribution in [0.25, 0.3) is 10.9 Å². The number of carboxylic acid groups (broad SMARTS) is 1. The Morgan fingerprint density at radius 3 is 2.52 bits per heavy atom. The predicted octanol–water partition coefficient (Wildman–Crippen LogP) is 4.03. The highest BCUT2D eigenvalue weighted by Crippen LogP contribution is 2.33. The van der Waals surface area contributed by atoms with Crippen LogP contribution in [0.5, 0.6) is 0 Å². The zero-order valence-electron chi connectivity index (χ0n) is 14.0. The van der Waals surface area contributed by atoms with Crippen molar-refractivity contribution in [1.82, 2.24) is 4.98 Å². The number of anilines is 1. The summed E-state index contributed by atoms with van der Waals surface area (Å²) in [7, 11) is -3.69.